The average molecular weight is 1370 g/mol. The molecule has 0 amide bonds. The molecule has 0 N–H and O–H groups in total. The summed E-state index contributed by atoms with van der Waals surface area (Å²) in [4.78, 5) is 0. The fourth-order valence-electron chi connectivity index (χ4n) is 7.29. The van der Waals surface area contributed by atoms with E-state index in [1.807, 2.05) is 0 Å². The Balaban J connectivity index is 1.60. The number of benzene rings is 6. The van der Waals surface area contributed by atoms with Gasteiger partial charge in [0.15, 0.2) is 0 Å². The Bertz CT molecular complexity index is 2160. The van der Waals surface area contributed by atoms with Crippen LogP contribution in [0.1, 0.15) is 158 Å². The van der Waals surface area contributed by atoms with E-state index in [9.17, 15) is 0 Å². The van der Waals surface area contributed by atoms with Crippen LogP contribution in [0.5, 0.6) is 0 Å². The third kappa shape index (κ3) is 14.4. The summed E-state index contributed by atoms with van der Waals surface area (Å²) in [6.45, 7) is 40.3. The third-order valence-electron chi connectivity index (χ3n) is 11.9. The Labute approximate surface area is 440 Å². The van der Waals surface area contributed by atoms with E-state index in [4.69, 9.17) is 4.03 Å². The first-order valence-electron chi connectivity index (χ1n) is 23.8. The van der Waals surface area contributed by atoms with Crippen molar-refractivity contribution in [1.29, 1.82) is 0 Å². The van der Waals surface area contributed by atoms with E-state index in [1.165, 1.54) is 33.4 Å². The minimum atomic E-state index is -5.85. The molecule has 0 fully saturated rings. The van der Waals surface area contributed by atoms with Crippen molar-refractivity contribution in [2.45, 2.75) is 157 Å². The number of hydrogen-bond acceptors (Lipinski definition) is 4. The zero-order valence-electron chi connectivity index (χ0n) is 44.1. The van der Waals surface area contributed by atoms with Crippen molar-refractivity contribution in [2.24, 2.45) is 0 Å². The summed E-state index contributed by atoms with van der Waals surface area (Å²) in [5, 5.41) is 0. The van der Waals surface area contributed by atoms with E-state index in [1.54, 1.807) is 0 Å². The maximum absolute atomic E-state index is 17.0. The summed E-state index contributed by atoms with van der Waals surface area (Å²) in [6.07, 6.45) is 0. The molecule has 0 saturated heterocycles. The molecule has 0 unspecified atom stereocenters. The second-order valence-electron chi connectivity index (χ2n) is 23.9. The van der Waals surface area contributed by atoms with Gasteiger partial charge >= 0.3 is 445 Å². The molecule has 0 bridgehead atoms. The Morgan fingerprint density at radius 3 is 0.471 bits per heavy atom. The molecule has 0 saturated carbocycles. The molecule has 4 nitrogen and oxygen atoms in total. The Hall–Kier alpha value is -1.99. The van der Waals surface area contributed by atoms with Gasteiger partial charge in [-0.15, -0.1) is 0 Å². The van der Waals surface area contributed by atoms with Gasteiger partial charge in [-0.1, -0.05) is 0 Å². The zero-order chi connectivity index (χ0) is 50.3. The van der Waals surface area contributed by atoms with Gasteiger partial charge in [-0.2, -0.15) is 0 Å². The summed E-state index contributed by atoms with van der Waals surface area (Å²) < 4.78 is 46.0. The van der Waals surface area contributed by atoms with E-state index in [-0.39, 0.29) is 32.5 Å². The van der Waals surface area contributed by atoms with Gasteiger partial charge in [0.2, 0.25) is 0 Å². The van der Waals surface area contributed by atoms with Crippen LogP contribution < -0.4 is 0 Å². The SMILES string of the molecule is CC(C)(C)c1ccc(I([O][Sb](=[O])([O]I(c2ccc(C(C)(C)C)cc2)c2ccc(C(C)(C)C)cc2)[O]I(c2ccc(C(C)(C)C)cc2)c2ccc(C(C)(C)C)cc2)c2ccc(C(C)(C)C)cc2)cc1. The summed E-state index contributed by atoms with van der Waals surface area (Å²) in [7, 11) is 0. The van der Waals surface area contributed by atoms with Gasteiger partial charge in [0.25, 0.3) is 0 Å². The minimum absolute atomic E-state index is 0.0326. The van der Waals surface area contributed by atoms with Crippen LogP contribution in [0.15, 0.2) is 146 Å². The standard InChI is InChI=1S/3C20H26IO.O.Sb/c3*1-19(2,3)15-7-11-17(12-8-15)21(22)18-13-9-16(10-14-18)20(4,5)6;;/h3*7-14H,1-6H3;;/q3*-1;;+3. The molecule has 0 radical (unpaired) electrons. The van der Waals surface area contributed by atoms with Crippen molar-refractivity contribution < 1.29 is 7.05 Å². The maximum atomic E-state index is 17.0. The van der Waals surface area contributed by atoms with Crippen LogP contribution in [0, 0.1) is 21.4 Å². The van der Waals surface area contributed by atoms with E-state index in [0.717, 1.165) is 21.4 Å². The summed E-state index contributed by atoms with van der Waals surface area (Å²) >= 11 is -14.9. The number of rotatable bonds is 12. The predicted octanol–water partition coefficient (Wildman–Crippen LogP) is 18.2. The van der Waals surface area contributed by atoms with E-state index >= 15 is 3.02 Å². The monoisotopic (exact) mass is 1360 g/mol. The molecular weight excluding hydrogens is 1290 g/mol. The van der Waals surface area contributed by atoms with Crippen LogP contribution >= 0.6 is 60.7 Å². The molecule has 0 aromatic heterocycles. The number of hydrogen-bond donors (Lipinski definition) is 0. The Kier molecular flexibility index (Phi) is 17.3. The fraction of sp³-hybridized carbons (Fsp3) is 0.400. The van der Waals surface area contributed by atoms with Gasteiger partial charge < -0.3 is 0 Å². The van der Waals surface area contributed by atoms with E-state index in [0.29, 0.717) is 0 Å². The quantitative estimate of drug-likeness (QED) is 0.0905. The summed E-state index contributed by atoms with van der Waals surface area (Å²) in [5.74, 6) is 0. The first-order chi connectivity index (χ1) is 31.3. The van der Waals surface area contributed by atoms with Crippen molar-refractivity contribution in [3.8, 4) is 0 Å². The molecule has 68 heavy (non-hydrogen) atoms. The topological polar surface area (TPSA) is 44.8 Å². The number of halogens is 3. The van der Waals surface area contributed by atoms with Crippen molar-refractivity contribution >= 4 is 80.8 Å². The fourth-order valence-corrected chi connectivity index (χ4v) is 46.8. The van der Waals surface area contributed by atoms with Gasteiger partial charge in [-0.05, 0) is 0 Å². The molecular formula is C60H78I3O4Sb. The summed E-state index contributed by atoms with van der Waals surface area (Å²) in [5.41, 5.74) is 7.22. The van der Waals surface area contributed by atoms with Gasteiger partial charge in [0.05, 0.1) is 0 Å². The molecule has 0 atom stereocenters. The first-order valence-corrected chi connectivity index (χ1v) is 37.0. The second kappa shape index (κ2) is 21.2. The molecule has 0 aliphatic carbocycles. The molecule has 6 rings (SSSR count). The van der Waals surface area contributed by atoms with Gasteiger partial charge in [-0.25, -0.2) is 0 Å². The Morgan fingerprint density at radius 1 is 0.250 bits per heavy atom. The van der Waals surface area contributed by atoms with Crippen molar-refractivity contribution in [3.63, 3.8) is 0 Å². The van der Waals surface area contributed by atoms with Crippen LogP contribution in [-0.4, -0.2) is 20.1 Å². The molecule has 6 aromatic rings. The van der Waals surface area contributed by atoms with Crippen LogP contribution in [0.3, 0.4) is 0 Å². The van der Waals surface area contributed by atoms with Gasteiger partial charge in [0.1, 0.15) is 0 Å². The molecule has 6 aromatic carbocycles. The first kappa shape index (κ1) is 55.3. The normalized spacial score (nSPS) is 13.9. The van der Waals surface area contributed by atoms with E-state index in [2.05, 4.69) is 270 Å². The predicted molar refractivity (Wildman–Crippen MR) is 315 cm³/mol. The molecule has 0 aliphatic heterocycles. The second-order valence-corrected chi connectivity index (χ2v) is 47.3. The van der Waals surface area contributed by atoms with Crippen LogP contribution in [0.25, 0.3) is 0 Å². The average Bonchev–Trinajstić information content (AvgIpc) is 3.25. The van der Waals surface area contributed by atoms with Crippen molar-refractivity contribution in [2.75, 3.05) is 0 Å². The van der Waals surface area contributed by atoms with Crippen LogP contribution in [0.2, 0.25) is 0 Å². The van der Waals surface area contributed by atoms with Gasteiger partial charge in [-0.3, -0.25) is 0 Å². The summed E-state index contributed by atoms with van der Waals surface area (Å²) in [6, 6.07) is 53.0. The van der Waals surface area contributed by atoms with Crippen molar-refractivity contribution in [3.05, 3.63) is 200 Å². The Morgan fingerprint density at radius 2 is 0.368 bits per heavy atom. The zero-order valence-corrected chi connectivity index (χ0v) is 53.1. The van der Waals surface area contributed by atoms with Gasteiger partial charge in [0, 0.05) is 0 Å². The van der Waals surface area contributed by atoms with Crippen LogP contribution in [0.4, 0.5) is 0 Å². The third-order valence-corrected chi connectivity index (χ3v) is 43.3. The molecule has 0 aliphatic rings. The molecule has 8 heteroatoms. The molecule has 368 valence electrons. The van der Waals surface area contributed by atoms with E-state index < -0.39 is 80.8 Å². The van der Waals surface area contributed by atoms with Crippen molar-refractivity contribution in [1.82, 2.24) is 0 Å². The molecule has 0 spiro atoms. The van der Waals surface area contributed by atoms with Crippen LogP contribution in [-0.2, 0) is 39.5 Å². The molecule has 0 heterocycles.